The van der Waals surface area contributed by atoms with Crippen molar-refractivity contribution in [1.29, 1.82) is 0 Å². The summed E-state index contributed by atoms with van der Waals surface area (Å²) in [4.78, 5) is 4.55. The fraction of sp³-hybridized carbons (Fsp3) is 0.588. The molecule has 0 spiro atoms. The van der Waals surface area contributed by atoms with Crippen LogP contribution in [0.4, 0.5) is 0 Å². The highest BCUT2D eigenvalue weighted by molar-refractivity contribution is 7.88. The second-order valence-electron chi connectivity index (χ2n) is 5.92. The average Bonchev–Trinajstić information content (AvgIpc) is 2.49. The summed E-state index contributed by atoms with van der Waals surface area (Å²) < 4.78 is 27.0. The molecular formula is C17H30N4O2S. The first-order valence-corrected chi connectivity index (χ1v) is 10.1. The fourth-order valence-electron chi connectivity index (χ4n) is 2.21. The van der Waals surface area contributed by atoms with Crippen molar-refractivity contribution in [2.24, 2.45) is 4.99 Å². The van der Waals surface area contributed by atoms with Gasteiger partial charge in [0, 0.05) is 19.1 Å². The van der Waals surface area contributed by atoms with Crippen molar-refractivity contribution in [3.8, 4) is 0 Å². The molecule has 0 saturated carbocycles. The summed E-state index contributed by atoms with van der Waals surface area (Å²) in [5, 5.41) is 6.43. The Bertz CT molecular complexity index is 627. The summed E-state index contributed by atoms with van der Waals surface area (Å²) in [6.45, 7) is 9.81. The van der Waals surface area contributed by atoms with Gasteiger partial charge in [-0.1, -0.05) is 31.2 Å². The maximum Gasteiger partial charge on any atom is 0.216 e. The highest BCUT2D eigenvalue weighted by atomic mass is 32.2. The van der Waals surface area contributed by atoms with E-state index in [4.69, 9.17) is 0 Å². The van der Waals surface area contributed by atoms with Crippen molar-refractivity contribution in [2.75, 3.05) is 13.1 Å². The quantitative estimate of drug-likeness (QED) is 0.468. The van der Waals surface area contributed by atoms with Crippen LogP contribution in [0.25, 0.3) is 0 Å². The van der Waals surface area contributed by atoms with E-state index in [9.17, 15) is 8.42 Å². The zero-order chi connectivity index (χ0) is 18.0. The standard InChI is InChI=1S/C17H30N4O2S/c1-5-11-19-17(18-6-2)20-12-15-9-7-8-10-16(15)13-24(22,23)21-14(3)4/h7-10,14,21H,5-6,11-13H2,1-4H3,(H2,18,19,20). The first-order chi connectivity index (χ1) is 11.4. The van der Waals surface area contributed by atoms with E-state index in [0.717, 1.165) is 36.6 Å². The molecule has 3 N–H and O–H groups in total. The number of hydrogen-bond acceptors (Lipinski definition) is 3. The van der Waals surface area contributed by atoms with Gasteiger partial charge in [-0.05, 0) is 38.3 Å². The van der Waals surface area contributed by atoms with Gasteiger partial charge in [-0.25, -0.2) is 18.1 Å². The molecular weight excluding hydrogens is 324 g/mol. The van der Waals surface area contributed by atoms with E-state index in [-0.39, 0.29) is 11.8 Å². The Morgan fingerprint density at radius 3 is 2.38 bits per heavy atom. The Morgan fingerprint density at radius 1 is 1.12 bits per heavy atom. The second-order valence-corrected chi connectivity index (χ2v) is 7.68. The molecule has 0 heterocycles. The number of rotatable bonds is 9. The lowest BCUT2D eigenvalue weighted by molar-refractivity contribution is 0.569. The van der Waals surface area contributed by atoms with Gasteiger partial charge in [0.2, 0.25) is 10.0 Å². The maximum atomic E-state index is 12.2. The third-order valence-corrected chi connectivity index (χ3v) is 4.69. The zero-order valence-electron chi connectivity index (χ0n) is 15.1. The lowest BCUT2D eigenvalue weighted by Gasteiger charge is -2.13. The molecule has 1 aromatic carbocycles. The summed E-state index contributed by atoms with van der Waals surface area (Å²) in [6, 6.07) is 7.42. The van der Waals surface area contributed by atoms with Gasteiger partial charge < -0.3 is 10.6 Å². The minimum absolute atomic E-state index is 0.0319. The predicted octanol–water partition coefficient (Wildman–Crippen LogP) is 1.98. The molecule has 0 bridgehead atoms. The van der Waals surface area contributed by atoms with Crippen LogP contribution in [0.3, 0.4) is 0 Å². The summed E-state index contributed by atoms with van der Waals surface area (Å²) in [6.07, 6.45) is 1.01. The molecule has 24 heavy (non-hydrogen) atoms. The van der Waals surface area contributed by atoms with Crippen molar-refractivity contribution >= 4 is 16.0 Å². The third-order valence-electron chi connectivity index (χ3n) is 3.17. The molecule has 0 unspecified atom stereocenters. The van der Waals surface area contributed by atoms with Gasteiger partial charge in [-0.15, -0.1) is 0 Å². The molecule has 0 radical (unpaired) electrons. The molecule has 0 aliphatic heterocycles. The summed E-state index contributed by atoms with van der Waals surface area (Å²) >= 11 is 0. The Morgan fingerprint density at radius 2 is 1.79 bits per heavy atom. The van der Waals surface area contributed by atoms with Gasteiger partial charge in [0.15, 0.2) is 5.96 Å². The van der Waals surface area contributed by atoms with E-state index in [1.807, 2.05) is 45.0 Å². The topological polar surface area (TPSA) is 82.6 Å². The molecule has 7 heteroatoms. The van der Waals surface area contributed by atoms with Gasteiger partial charge in [0.25, 0.3) is 0 Å². The Balaban J connectivity index is 2.89. The molecule has 0 atom stereocenters. The number of guanidine groups is 1. The Labute approximate surface area is 146 Å². The van der Waals surface area contributed by atoms with Crippen LogP contribution in [-0.4, -0.2) is 33.5 Å². The van der Waals surface area contributed by atoms with Crippen molar-refractivity contribution in [3.63, 3.8) is 0 Å². The van der Waals surface area contributed by atoms with Crippen molar-refractivity contribution < 1.29 is 8.42 Å². The normalized spacial score (nSPS) is 12.5. The zero-order valence-corrected chi connectivity index (χ0v) is 15.9. The van der Waals surface area contributed by atoms with Crippen LogP contribution < -0.4 is 15.4 Å². The molecule has 136 valence electrons. The Hall–Kier alpha value is -1.60. The van der Waals surface area contributed by atoms with E-state index < -0.39 is 10.0 Å². The van der Waals surface area contributed by atoms with Gasteiger partial charge in [0.1, 0.15) is 0 Å². The third kappa shape index (κ3) is 7.79. The van der Waals surface area contributed by atoms with Crippen LogP contribution in [0.5, 0.6) is 0 Å². The number of aliphatic imine (C=N–C) groups is 1. The molecule has 0 saturated heterocycles. The number of nitrogens with zero attached hydrogens (tertiary/aromatic N) is 1. The van der Waals surface area contributed by atoms with Crippen LogP contribution in [0, 0.1) is 0 Å². The van der Waals surface area contributed by atoms with Crippen molar-refractivity contribution in [1.82, 2.24) is 15.4 Å². The van der Waals surface area contributed by atoms with Crippen LogP contribution in [0.1, 0.15) is 45.2 Å². The van der Waals surface area contributed by atoms with Crippen LogP contribution >= 0.6 is 0 Å². The molecule has 0 fully saturated rings. The van der Waals surface area contributed by atoms with Crippen LogP contribution in [-0.2, 0) is 22.3 Å². The van der Waals surface area contributed by atoms with E-state index in [2.05, 4.69) is 27.3 Å². The molecule has 0 aromatic heterocycles. The largest absolute Gasteiger partial charge is 0.357 e. The van der Waals surface area contributed by atoms with Crippen LogP contribution in [0.15, 0.2) is 29.3 Å². The first kappa shape index (κ1) is 20.4. The van der Waals surface area contributed by atoms with Gasteiger partial charge in [-0.3, -0.25) is 0 Å². The highest BCUT2D eigenvalue weighted by Gasteiger charge is 2.15. The van der Waals surface area contributed by atoms with Gasteiger partial charge in [0.05, 0.1) is 12.3 Å². The number of nitrogens with one attached hydrogen (secondary N) is 3. The van der Waals surface area contributed by atoms with Gasteiger partial charge >= 0.3 is 0 Å². The van der Waals surface area contributed by atoms with Crippen LogP contribution in [0.2, 0.25) is 0 Å². The van der Waals surface area contributed by atoms with Crippen molar-refractivity contribution in [2.45, 2.75) is 52.5 Å². The second kappa shape index (κ2) is 10.3. The summed E-state index contributed by atoms with van der Waals surface area (Å²) in [5.41, 5.74) is 1.70. The lowest BCUT2D eigenvalue weighted by Crippen LogP contribution is -2.37. The monoisotopic (exact) mass is 354 g/mol. The minimum Gasteiger partial charge on any atom is -0.357 e. The SMILES string of the molecule is CCCNC(=NCc1ccccc1CS(=O)(=O)NC(C)C)NCC. The van der Waals surface area contributed by atoms with E-state index in [1.54, 1.807) is 0 Å². The number of sulfonamides is 1. The van der Waals surface area contributed by atoms with Gasteiger partial charge in [-0.2, -0.15) is 0 Å². The molecule has 0 aliphatic rings. The molecule has 1 aromatic rings. The smallest absolute Gasteiger partial charge is 0.216 e. The van der Waals surface area contributed by atoms with E-state index >= 15 is 0 Å². The van der Waals surface area contributed by atoms with E-state index in [1.165, 1.54) is 0 Å². The summed E-state index contributed by atoms with van der Waals surface area (Å²) in [5.74, 6) is 0.716. The first-order valence-electron chi connectivity index (χ1n) is 8.47. The maximum absolute atomic E-state index is 12.2. The lowest BCUT2D eigenvalue weighted by atomic mass is 10.1. The van der Waals surface area contributed by atoms with E-state index in [0.29, 0.717) is 6.54 Å². The molecule has 6 nitrogen and oxygen atoms in total. The Kier molecular flexibility index (Phi) is 8.78. The molecule has 0 aliphatic carbocycles. The molecule has 1 rings (SSSR count). The highest BCUT2D eigenvalue weighted by Crippen LogP contribution is 2.13. The fourth-order valence-corrected chi connectivity index (χ4v) is 3.70. The number of hydrogen-bond donors (Lipinski definition) is 3. The molecule has 0 amide bonds. The van der Waals surface area contributed by atoms with Crippen molar-refractivity contribution in [3.05, 3.63) is 35.4 Å². The average molecular weight is 355 g/mol. The summed E-state index contributed by atoms with van der Waals surface area (Å²) in [7, 11) is -3.35. The predicted molar refractivity (Wildman–Crippen MR) is 100 cm³/mol. The minimum atomic E-state index is -3.35. The number of benzene rings is 1.